The van der Waals surface area contributed by atoms with E-state index in [9.17, 15) is 0 Å². The van der Waals surface area contributed by atoms with Crippen LogP contribution in [0.3, 0.4) is 0 Å². The third-order valence-electron chi connectivity index (χ3n) is 2.76. The topological polar surface area (TPSA) is 101 Å². The molecule has 112 valence electrons. The molecule has 0 saturated carbocycles. The van der Waals surface area contributed by atoms with E-state index in [1.165, 1.54) is 32.0 Å². The molecule has 19 heavy (non-hydrogen) atoms. The number of rotatable bonds is 12. The maximum absolute atomic E-state index is 5.71. The highest BCUT2D eigenvalue weighted by Gasteiger charge is 1.92. The van der Waals surface area contributed by atoms with Crippen LogP contribution in [0.2, 0.25) is 0 Å². The lowest BCUT2D eigenvalue weighted by molar-refractivity contribution is 0.601. The van der Waals surface area contributed by atoms with E-state index < -0.39 is 0 Å². The Balaban J connectivity index is 3.22. The predicted molar refractivity (Wildman–Crippen MR) is 83.7 cm³/mol. The number of nitrogens with zero attached hydrogens (tertiary/aromatic N) is 2. The maximum atomic E-state index is 5.71. The Labute approximate surface area is 117 Å². The van der Waals surface area contributed by atoms with Gasteiger partial charge >= 0.3 is 0 Å². The molecule has 0 aliphatic rings. The van der Waals surface area contributed by atoms with Crippen LogP contribution in [0.1, 0.15) is 38.5 Å². The van der Waals surface area contributed by atoms with Gasteiger partial charge in [-0.05, 0) is 19.9 Å². The first kappa shape index (κ1) is 17.7. The van der Waals surface area contributed by atoms with Gasteiger partial charge in [-0.15, -0.1) is 0 Å². The van der Waals surface area contributed by atoms with Gasteiger partial charge in [0.2, 0.25) is 0 Å². The molecule has 0 saturated heterocycles. The molecule has 0 aromatic rings. The van der Waals surface area contributed by atoms with Crippen LogP contribution >= 0.6 is 0 Å². The third kappa shape index (κ3) is 14.6. The molecular formula is C13H30N6. The summed E-state index contributed by atoms with van der Waals surface area (Å²) in [7, 11) is 1.91. The lowest BCUT2D eigenvalue weighted by atomic mass is 10.1. The van der Waals surface area contributed by atoms with E-state index in [2.05, 4.69) is 20.6 Å². The van der Waals surface area contributed by atoms with E-state index in [-0.39, 0.29) is 0 Å². The van der Waals surface area contributed by atoms with Crippen molar-refractivity contribution in [3.05, 3.63) is 0 Å². The summed E-state index contributed by atoms with van der Waals surface area (Å²) >= 11 is 0. The molecule has 0 rings (SSSR count). The number of unbranched alkanes of at least 4 members (excludes halogenated alkanes) is 5. The zero-order valence-electron chi connectivity index (χ0n) is 12.2. The molecule has 0 atom stereocenters. The van der Waals surface area contributed by atoms with Gasteiger partial charge in [0.05, 0.1) is 6.34 Å². The molecular weight excluding hydrogens is 240 g/mol. The summed E-state index contributed by atoms with van der Waals surface area (Å²) in [5.41, 5.74) is 10.9. The van der Waals surface area contributed by atoms with Gasteiger partial charge in [-0.1, -0.05) is 25.7 Å². The van der Waals surface area contributed by atoms with Crippen molar-refractivity contribution in [2.24, 2.45) is 21.5 Å². The highest BCUT2D eigenvalue weighted by Crippen LogP contribution is 2.05. The molecule has 0 radical (unpaired) electrons. The summed E-state index contributed by atoms with van der Waals surface area (Å²) in [6, 6.07) is 0. The minimum Gasteiger partial charge on any atom is -0.390 e. The molecule has 6 heteroatoms. The summed E-state index contributed by atoms with van der Waals surface area (Å²) in [5.74, 6) is 0.551. The standard InChI is InChI=1S/C13H30N6/c1-16-10-11-19-13(15)18-9-7-5-3-2-4-6-8-17-12-14/h12,16H,2-11H2,1H3,(H2,14,17)(H3,15,18,19). The van der Waals surface area contributed by atoms with Crippen molar-refractivity contribution in [3.63, 3.8) is 0 Å². The first-order valence-corrected chi connectivity index (χ1v) is 7.19. The molecule has 0 amide bonds. The molecule has 0 aliphatic carbocycles. The molecule has 0 spiro atoms. The van der Waals surface area contributed by atoms with E-state index in [0.29, 0.717) is 5.96 Å². The van der Waals surface area contributed by atoms with Crippen LogP contribution in [0.5, 0.6) is 0 Å². The average molecular weight is 270 g/mol. The summed E-state index contributed by atoms with van der Waals surface area (Å²) in [5, 5.41) is 6.10. The van der Waals surface area contributed by atoms with Crippen LogP contribution in [0.15, 0.2) is 9.98 Å². The van der Waals surface area contributed by atoms with E-state index >= 15 is 0 Å². The Hall–Kier alpha value is -1.30. The molecule has 0 aromatic heterocycles. The predicted octanol–water partition coefficient (Wildman–Crippen LogP) is 0.438. The molecule has 0 bridgehead atoms. The monoisotopic (exact) mass is 270 g/mol. The Morgan fingerprint density at radius 2 is 1.63 bits per heavy atom. The normalized spacial score (nSPS) is 12.2. The van der Waals surface area contributed by atoms with Crippen LogP contribution in [-0.4, -0.2) is 45.5 Å². The zero-order valence-corrected chi connectivity index (χ0v) is 12.2. The van der Waals surface area contributed by atoms with Gasteiger partial charge in [0.25, 0.3) is 0 Å². The first-order valence-electron chi connectivity index (χ1n) is 7.19. The molecule has 6 N–H and O–H groups in total. The highest BCUT2D eigenvalue weighted by molar-refractivity contribution is 5.77. The van der Waals surface area contributed by atoms with E-state index in [0.717, 1.165) is 39.0 Å². The van der Waals surface area contributed by atoms with Crippen LogP contribution < -0.4 is 22.1 Å². The zero-order chi connectivity index (χ0) is 14.2. The second kappa shape index (κ2) is 14.8. The van der Waals surface area contributed by atoms with Crippen molar-refractivity contribution in [2.75, 3.05) is 33.2 Å². The number of nitrogens with one attached hydrogen (secondary N) is 2. The molecule has 0 aromatic carbocycles. The van der Waals surface area contributed by atoms with Gasteiger partial charge in [0.1, 0.15) is 0 Å². The fraction of sp³-hybridized carbons (Fsp3) is 0.846. The fourth-order valence-corrected chi connectivity index (χ4v) is 1.67. The number of likely N-dealkylation sites (N-methyl/N-ethyl adjacent to an activating group) is 1. The van der Waals surface area contributed by atoms with Crippen LogP contribution in [-0.2, 0) is 0 Å². The van der Waals surface area contributed by atoms with Crippen LogP contribution in [0.4, 0.5) is 0 Å². The second-order valence-electron chi connectivity index (χ2n) is 4.47. The lowest BCUT2D eigenvalue weighted by Crippen LogP contribution is -2.36. The molecule has 0 heterocycles. The number of nitrogens with two attached hydrogens (primary N) is 2. The largest absolute Gasteiger partial charge is 0.390 e. The number of hydrogen-bond acceptors (Lipinski definition) is 3. The number of guanidine groups is 1. The average Bonchev–Trinajstić information content (AvgIpc) is 2.41. The third-order valence-corrected chi connectivity index (χ3v) is 2.76. The summed E-state index contributed by atoms with van der Waals surface area (Å²) in [4.78, 5) is 8.26. The molecule has 0 aliphatic heterocycles. The van der Waals surface area contributed by atoms with Crippen molar-refractivity contribution in [1.82, 2.24) is 10.6 Å². The Kier molecular flexibility index (Phi) is 13.7. The number of aliphatic imine (C=N–C) groups is 2. The second-order valence-corrected chi connectivity index (χ2v) is 4.47. The SMILES string of the molecule is CNCCNC(N)=NCCCCCCCCN=CN. The quantitative estimate of drug-likeness (QED) is 0.235. The van der Waals surface area contributed by atoms with Gasteiger partial charge < -0.3 is 22.1 Å². The summed E-state index contributed by atoms with van der Waals surface area (Å²) in [6.45, 7) is 3.38. The van der Waals surface area contributed by atoms with Crippen molar-refractivity contribution in [1.29, 1.82) is 0 Å². The van der Waals surface area contributed by atoms with Gasteiger partial charge in [-0.2, -0.15) is 0 Å². The Bertz CT molecular complexity index is 239. The van der Waals surface area contributed by atoms with Gasteiger partial charge in [-0.3, -0.25) is 9.98 Å². The minimum atomic E-state index is 0.551. The van der Waals surface area contributed by atoms with Crippen molar-refractivity contribution >= 4 is 12.3 Å². The summed E-state index contributed by atoms with van der Waals surface area (Å²) < 4.78 is 0. The van der Waals surface area contributed by atoms with Crippen LogP contribution in [0.25, 0.3) is 0 Å². The minimum absolute atomic E-state index is 0.551. The number of hydrogen-bond donors (Lipinski definition) is 4. The summed E-state index contributed by atoms with van der Waals surface area (Å²) in [6.07, 6.45) is 8.59. The van der Waals surface area contributed by atoms with E-state index in [1.54, 1.807) is 0 Å². The van der Waals surface area contributed by atoms with E-state index in [4.69, 9.17) is 11.5 Å². The first-order chi connectivity index (χ1) is 9.31. The lowest BCUT2D eigenvalue weighted by Gasteiger charge is -2.04. The molecule has 6 nitrogen and oxygen atoms in total. The van der Waals surface area contributed by atoms with Crippen LogP contribution in [0, 0.1) is 0 Å². The van der Waals surface area contributed by atoms with Crippen molar-refractivity contribution in [2.45, 2.75) is 38.5 Å². The smallest absolute Gasteiger partial charge is 0.188 e. The Morgan fingerprint density at radius 1 is 1.00 bits per heavy atom. The van der Waals surface area contributed by atoms with Gasteiger partial charge in [-0.25, -0.2) is 0 Å². The van der Waals surface area contributed by atoms with Crippen molar-refractivity contribution < 1.29 is 0 Å². The maximum Gasteiger partial charge on any atom is 0.188 e. The van der Waals surface area contributed by atoms with Gasteiger partial charge in [0, 0.05) is 26.2 Å². The molecule has 0 unspecified atom stereocenters. The molecule has 0 fully saturated rings. The van der Waals surface area contributed by atoms with E-state index in [1.807, 2.05) is 7.05 Å². The highest BCUT2D eigenvalue weighted by atomic mass is 15.1. The van der Waals surface area contributed by atoms with Gasteiger partial charge in [0.15, 0.2) is 5.96 Å². The van der Waals surface area contributed by atoms with Crippen molar-refractivity contribution in [3.8, 4) is 0 Å². The fourth-order valence-electron chi connectivity index (χ4n) is 1.67. The Morgan fingerprint density at radius 3 is 2.26 bits per heavy atom.